The fourth-order valence-electron chi connectivity index (χ4n) is 3.41. The molecule has 0 aromatic carbocycles. The molecule has 2 saturated heterocycles. The Morgan fingerprint density at radius 3 is 2.95 bits per heavy atom. The SMILES string of the molecule is CCCNCC1(CN2CCSC(C)C2C)CCCOC1. The Hall–Kier alpha value is 0.230. The topological polar surface area (TPSA) is 24.5 Å². The van der Waals surface area contributed by atoms with Crippen molar-refractivity contribution in [1.29, 1.82) is 0 Å². The van der Waals surface area contributed by atoms with Crippen LogP contribution >= 0.6 is 11.8 Å². The standard InChI is InChI=1S/C16H32N2OS/c1-4-7-17-11-16(6-5-9-19-13-16)12-18-8-10-20-15(3)14(18)2/h14-15,17H,4-13H2,1-3H3. The second kappa shape index (κ2) is 8.02. The number of nitrogens with zero attached hydrogens (tertiary/aromatic N) is 1. The lowest BCUT2D eigenvalue weighted by molar-refractivity contribution is -0.0312. The molecule has 0 aromatic rings. The van der Waals surface area contributed by atoms with Crippen molar-refractivity contribution in [2.45, 2.75) is 51.3 Å². The van der Waals surface area contributed by atoms with E-state index in [9.17, 15) is 0 Å². The summed E-state index contributed by atoms with van der Waals surface area (Å²) in [4.78, 5) is 2.71. The van der Waals surface area contributed by atoms with Gasteiger partial charge in [0.1, 0.15) is 0 Å². The average molecular weight is 301 g/mol. The summed E-state index contributed by atoms with van der Waals surface area (Å²) in [5, 5.41) is 4.41. The molecule has 4 heteroatoms. The van der Waals surface area contributed by atoms with E-state index in [4.69, 9.17) is 4.74 Å². The Bertz CT molecular complexity index is 282. The number of thioether (sulfide) groups is 1. The average Bonchev–Trinajstić information content (AvgIpc) is 2.45. The second-order valence-electron chi connectivity index (χ2n) is 6.62. The van der Waals surface area contributed by atoms with Gasteiger partial charge in [0.05, 0.1) is 6.61 Å². The van der Waals surface area contributed by atoms with Gasteiger partial charge in [0.25, 0.3) is 0 Å². The third-order valence-electron chi connectivity index (χ3n) is 4.88. The summed E-state index contributed by atoms with van der Waals surface area (Å²) in [5.74, 6) is 1.28. The minimum absolute atomic E-state index is 0.337. The summed E-state index contributed by atoms with van der Waals surface area (Å²) in [5.41, 5.74) is 0.337. The highest BCUT2D eigenvalue weighted by Gasteiger charge is 2.37. The van der Waals surface area contributed by atoms with Gasteiger partial charge in [-0.1, -0.05) is 13.8 Å². The quantitative estimate of drug-likeness (QED) is 0.762. The normalized spacial score (nSPS) is 36.1. The molecule has 3 unspecified atom stereocenters. The van der Waals surface area contributed by atoms with Crippen LogP contribution in [0.4, 0.5) is 0 Å². The van der Waals surface area contributed by atoms with Crippen molar-refractivity contribution in [2.24, 2.45) is 5.41 Å². The highest BCUT2D eigenvalue weighted by atomic mass is 32.2. The first kappa shape index (κ1) is 16.6. The Kier molecular flexibility index (Phi) is 6.66. The molecule has 2 aliphatic heterocycles. The third-order valence-corrected chi connectivity index (χ3v) is 6.22. The highest BCUT2D eigenvalue weighted by Crippen LogP contribution is 2.33. The fourth-order valence-corrected chi connectivity index (χ4v) is 4.57. The van der Waals surface area contributed by atoms with Crippen LogP contribution in [-0.4, -0.2) is 61.3 Å². The van der Waals surface area contributed by atoms with E-state index < -0.39 is 0 Å². The lowest BCUT2D eigenvalue weighted by Gasteiger charge is -2.46. The zero-order chi connectivity index (χ0) is 14.4. The van der Waals surface area contributed by atoms with E-state index >= 15 is 0 Å². The van der Waals surface area contributed by atoms with Gasteiger partial charge in [0, 0.05) is 48.7 Å². The molecule has 0 aromatic heterocycles. The summed E-state index contributed by atoms with van der Waals surface area (Å²) in [6.45, 7) is 13.6. The van der Waals surface area contributed by atoms with E-state index in [1.54, 1.807) is 0 Å². The minimum Gasteiger partial charge on any atom is -0.381 e. The first-order valence-electron chi connectivity index (χ1n) is 8.31. The van der Waals surface area contributed by atoms with Crippen LogP contribution in [0.15, 0.2) is 0 Å². The molecule has 20 heavy (non-hydrogen) atoms. The monoisotopic (exact) mass is 300 g/mol. The summed E-state index contributed by atoms with van der Waals surface area (Å²) in [6, 6.07) is 0.693. The molecule has 118 valence electrons. The van der Waals surface area contributed by atoms with Gasteiger partial charge >= 0.3 is 0 Å². The molecular weight excluding hydrogens is 268 g/mol. The Morgan fingerprint density at radius 2 is 2.25 bits per heavy atom. The van der Waals surface area contributed by atoms with Crippen LogP contribution in [-0.2, 0) is 4.74 Å². The minimum atomic E-state index is 0.337. The van der Waals surface area contributed by atoms with Gasteiger partial charge in [-0.25, -0.2) is 0 Å². The van der Waals surface area contributed by atoms with Crippen molar-refractivity contribution < 1.29 is 4.74 Å². The van der Waals surface area contributed by atoms with Gasteiger partial charge in [-0.3, -0.25) is 4.90 Å². The molecule has 2 aliphatic rings. The number of ether oxygens (including phenoxy) is 1. The van der Waals surface area contributed by atoms with Crippen molar-refractivity contribution in [2.75, 3.05) is 45.1 Å². The molecule has 0 bridgehead atoms. The molecule has 2 heterocycles. The molecule has 0 spiro atoms. The van der Waals surface area contributed by atoms with Crippen molar-refractivity contribution in [3.8, 4) is 0 Å². The van der Waals surface area contributed by atoms with E-state index in [0.29, 0.717) is 11.5 Å². The molecule has 0 radical (unpaired) electrons. The van der Waals surface area contributed by atoms with Crippen LogP contribution < -0.4 is 5.32 Å². The zero-order valence-corrected chi connectivity index (χ0v) is 14.3. The number of hydrogen-bond acceptors (Lipinski definition) is 4. The number of rotatable bonds is 6. The van der Waals surface area contributed by atoms with Gasteiger partial charge in [-0.2, -0.15) is 11.8 Å². The Morgan fingerprint density at radius 1 is 1.40 bits per heavy atom. The van der Waals surface area contributed by atoms with Crippen molar-refractivity contribution in [1.82, 2.24) is 10.2 Å². The van der Waals surface area contributed by atoms with E-state index in [0.717, 1.165) is 31.6 Å². The van der Waals surface area contributed by atoms with Crippen LogP contribution in [0.5, 0.6) is 0 Å². The summed E-state index contributed by atoms with van der Waals surface area (Å²) in [7, 11) is 0. The van der Waals surface area contributed by atoms with E-state index in [2.05, 4.69) is 42.7 Å². The van der Waals surface area contributed by atoms with Crippen LogP contribution in [0.1, 0.15) is 40.0 Å². The van der Waals surface area contributed by atoms with Crippen LogP contribution in [0.25, 0.3) is 0 Å². The predicted molar refractivity (Wildman–Crippen MR) is 88.6 cm³/mol. The molecule has 3 atom stereocenters. The summed E-state index contributed by atoms with van der Waals surface area (Å²) in [6.07, 6.45) is 3.75. The lowest BCUT2D eigenvalue weighted by atomic mass is 9.81. The second-order valence-corrected chi connectivity index (χ2v) is 8.11. The fraction of sp³-hybridized carbons (Fsp3) is 1.00. The van der Waals surface area contributed by atoms with Gasteiger partial charge in [-0.15, -0.1) is 0 Å². The van der Waals surface area contributed by atoms with Crippen molar-refractivity contribution >= 4 is 11.8 Å². The van der Waals surface area contributed by atoms with Crippen molar-refractivity contribution in [3.05, 3.63) is 0 Å². The Balaban J connectivity index is 1.95. The zero-order valence-electron chi connectivity index (χ0n) is 13.5. The van der Waals surface area contributed by atoms with E-state index in [1.807, 2.05) is 0 Å². The molecule has 1 N–H and O–H groups in total. The van der Waals surface area contributed by atoms with E-state index in [-0.39, 0.29) is 0 Å². The summed E-state index contributed by atoms with van der Waals surface area (Å²) >= 11 is 2.12. The smallest absolute Gasteiger partial charge is 0.0546 e. The molecule has 2 rings (SSSR count). The number of nitrogens with one attached hydrogen (secondary N) is 1. The molecular formula is C16H32N2OS. The lowest BCUT2D eigenvalue weighted by Crippen LogP contribution is -2.54. The van der Waals surface area contributed by atoms with Crippen LogP contribution in [0.2, 0.25) is 0 Å². The highest BCUT2D eigenvalue weighted by molar-refractivity contribution is 8.00. The molecule has 3 nitrogen and oxygen atoms in total. The molecule has 2 fully saturated rings. The maximum atomic E-state index is 5.85. The largest absolute Gasteiger partial charge is 0.381 e. The number of hydrogen-bond donors (Lipinski definition) is 1. The predicted octanol–water partition coefficient (Wildman–Crippen LogP) is 2.61. The van der Waals surface area contributed by atoms with Gasteiger partial charge < -0.3 is 10.1 Å². The maximum absolute atomic E-state index is 5.85. The van der Waals surface area contributed by atoms with Gasteiger partial charge in [0.2, 0.25) is 0 Å². The van der Waals surface area contributed by atoms with Crippen molar-refractivity contribution in [3.63, 3.8) is 0 Å². The van der Waals surface area contributed by atoms with E-state index in [1.165, 1.54) is 38.1 Å². The molecule has 0 aliphatic carbocycles. The summed E-state index contributed by atoms with van der Waals surface area (Å²) < 4.78 is 5.85. The van der Waals surface area contributed by atoms with Gasteiger partial charge in [0.15, 0.2) is 0 Å². The molecule has 0 amide bonds. The first-order chi connectivity index (χ1) is 9.67. The molecule has 0 saturated carbocycles. The first-order valence-corrected chi connectivity index (χ1v) is 9.36. The van der Waals surface area contributed by atoms with Gasteiger partial charge in [-0.05, 0) is 32.7 Å². The van der Waals surface area contributed by atoms with Crippen LogP contribution in [0, 0.1) is 5.41 Å². The maximum Gasteiger partial charge on any atom is 0.0546 e. The van der Waals surface area contributed by atoms with Crippen LogP contribution in [0.3, 0.4) is 0 Å². The Labute approximate surface area is 129 Å². The third kappa shape index (κ3) is 4.36.